The first-order valence-corrected chi connectivity index (χ1v) is 2.42. The number of carboxylic acid groups (broad SMARTS) is 2. The van der Waals surface area contributed by atoms with Crippen molar-refractivity contribution in [3.63, 3.8) is 0 Å². The van der Waals surface area contributed by atoms with Gasteiger partial charge in [0.2, 0.25) is 0 Å². The van der Waals surface area contributed by atoms with Crippen LogP contribution in [0.15, 0.2) is 12.2 Å². The van der Waals surface area contributed by atoms with Crippen LogP contribution in [0.1, 0.15) is 13.8 Å². The number of aliphatic carboxylic acids is 2. The van der Waals surface area contributed by atoms with Gasteiger partial charge in [-0.1, -0.05) is 6.58 Å². The summed E-state index contributed by atoms with van der Waals surface area (Å²) in [6.07, 6.45) is 0. The zero-order chi connectivity index (χ0) is 8.73. The molecule has 0 unspecified atom stereocenters. The zero-order valence-corrected chi connectivity index (χ0v) is 10.2. The molecule has 0 heterocycles. The molecule has 0 amide bonds. The van der Waals surface area contributed by atoms with E-state index in [9.17, 15) is 9.90 Å². The smallest absolute Gasteiger partial charge is 0.550 e. The number of carbonyl (C=O) groups excluding carboxylic acids is 2. The normalized spacial score (nSPS) is 6.36. The second-order valence-electron chi connectivity index (χ2n) is 1.56. The zero-order valence-electron chi connectivity index (χ0n) is 6.34. The van der Waals surface area contributed by atoms with Crippen LogP contribution in [0.3, 0.4) is 0 Å². The van der Waals surface area contributed by atoms with E-state index >= 15 is 0 Å². The third kappa shape index (κ3) is 42.8. The fourth-order valence-electron chi connectivity index (χ4n) is 0. The number of carbonyl (C=O) groups is 2. The largest absolute Gasteiger partial charge is 2.00 e. The van der Waals surface area contributed by atoms with Gasteiger partial charge in [0.1, 0.15) is 0 Å². The summed E-state index contributed by atoms with van der Waals surface area (Å²) in [7, 11) is 0. The van der Waals surface area contributed by atoms with Crippen LogP contribution in [0.25, 0.3) is 0 Å². The summed E-state index contributed by atoms with van der Waals surface area (Å²) in [6.45, 7) is 5.45. The molecule has 4 nitrogen and oxygen atoms in total. The van der Waals surface area contributed by atoms with E-state index in [4.69, 9.17) is 9.90 Å². The second-order valence-corrected chi connectivity index (χ2v) is 1.56. The molecule has 60 valence electrons. The van der Waals surface area contributed by atoms with Crippen molar-refractivity contribution in [3.05, 3.63) is 12.2 Å². The van der Waals surface area contributed by atoms with E-state index < -0.39 is 11.9 Å². The Bertz CT molecular complexity index is 137. The topological polar surface area (TPSA) is 80.3 Å². The van der Waals surface area contributed by atoms with Gasteiger partial charge in [-0.3, -0.25) is 0 Å². The van der Waals surface area contributed by atoms with Gasteiger partial charge in [0, 0.05) is 5.97 Å². The minimum absolute atomic E-state index is 0. The van der Waals surface area contributed by atoms with E-state index in [2.05, 4.69) is 6.58 Å². The van der Waals surface area contributed by atoms with Gasteiger partial charge in [-0.25, -0.2) is 0 Å². The molecule has 0 aliphatic rings. The maximum absolute atomic E-state index is 9.49. The van der Waals surface area contributed by atoms with Crippen molar-refractivity contribution in [1.82, 2.24) is 0 Å². The molecular formula is C6H8O4Pb. The van der Waals surface area contributed by atoms with Crippen LogP contribution < -0.4 is 10.2 Å². The van der Waals surface area contributed by atoms with Gasteiger partial charge in [-0.05, 0) is 19.4 Å². The maximum Gasteiger partial charge on any atom is 2.00 e. The molecular weight excluding hydrogens is 343 g/mol. The molecule has 0 aromatic heterocycles. The van der Waals surface area contributed by atoms with Gasteiger partial charge in [0.15, 0.2) is 0 Å². The summed E-state index contributed by atoms with van der Waals surface area (Å²) in [5.41, 5.74) is 0.0648. The fourth-order valence-corrected chi connectivity index (χ4v) is 0. The van der Waals surface area contributed by atoms with E-state index in [0.29, 0.717) is 0 Å². The van der Waals surface area contributed by atoms with Gasteiger partial charge >= 0.3 is 27.3 Å². The van der Waals surface area contributed by atoms with Crippen molar-refractivity contribution < 1.29 is 19.8 Å². The molecule has 5 heteroatoms. The Morgan fingerprint density at radius 2 is 1.27 bits per heavy atom. The molecule has 0 aromatic carbocycles. The van der Waals surface area contributed by atoms with Crippen LogP contribution in [0.4, 0.5) is 0 Å². The Kier molecular flexibility index (Phi) is 14.8. The molecule has 0 rings (SSSR count). The average Bonchev–Trinajstić information content (AvgIpc) is 1.63. The summed E-state index contributed by atoms with van der Waals surface area (Å²) in [6, 6.07) is 0. The molecule has 0 aliphatic heterocycles. The molecule has 0 N–H and O–H groups in total. The Morgan fingerprint density at radius 3 is 1.27 bits per heavy atom. The summed E-state index contributed by atoms with van der Waals surface area (Å²) in [5.74, 6) is -2.27. The summed E-state index contributed by atoms with van der Waals surface area (Å²) in [5, 5.41) is 18.4. The van der Waals surface area contributed by atoms with Crippen LogP contribution in [-0.4, -0.2) is 39.2 Å². The minimum atomic E-state index is -1.19. The van der Waals surface area contributed by atoms with E-state index in [1.54, 1.807) is 0 Å². The van der Waals surface area contributed by atoms with Gasteiger partial charge in [0.05, 0.1) is 5.97 Å². The number of hydrogen-bond donors (Lipinski definition) is 0. The first kappa shape index (κ1) is 16.9. The molecule has 0 spiro atoms. The second kappa shape index (κ2) is 9.60. The number of rotatable bonds is 1. The molecule has 0 saturated carbocycles. The van der Waals surface area contributed by atoms with Crippen LogP contribution in [0.2, 0.25) is 0 Å². The first-order chi connectivity index (χ1) is 4.37. The molecule has 0 fully saturated rings. The Morgan fingerprint density at radius 1 is 1.18 bits per heavy atom. The van der Waals surface area contributed by atoms with Crippen molar-refractivity contribution in [2.24, 2.45) is 0 Å². The summed E-state index contributed by atoms with van der Waals surface area (Å²) in [4.78, 5) is 18.4. The van der Waals surface area contributed by atoms with E-state index in [1.165, 1.54) is 6.92 Å². The van der Waals surface area contributed by atoms with Crippen LogP contribution in [0.5, 0.6) is 0 Å². The van der Waals surface area contributed by atoms with Crippen LogP contribution in [-0.2, 0) is 9.59 Å². The van der Waals surface area contributed by atoms with Crippen molar-refractivity contribution in [2.45, 2.75) is 13.8 Å². The quantitative estimate of drug-likeness (QED) is 0.393. The third-order valence-electron chi connectivity index (χ3n) is 0.348. The number of hydrogen-bond acceptors (Lipinski definition) is 4. The monoisotopic (exact) mass is 352 g/mol. The number of carboxylic acids is 2. The maximum atomic E-state index is 9.49. The standard InChI is InChI=1S/C4H6O2.C2H4O2.Pb/c1-3(2)4(5)6;1-2(3)4;/h1H2,2H3,(H,5,6);1H3,(H,3,4);/q;;+2/p-2. The Labute approximate surface area is 85.1 Å². The predicted octanol–water partition coefficient (Wildman–Crippen LogP) is -2.31. The minimum Gasteiger partial charge on any atom is -0.550 e. The van der Waals surface area contributed by atoms with E-state index in [1.807, 2.05) is 0 Å². The van der Waals surface area contributed by atoms with Crippen molar-refractivity contribution in [1.29, 1.82) is 0 Å². The van der Waals surface area contributed by atoms with Crippen LogP contribution >= 0.6 is 0 Å². The Balaban J connectivity index is -0.000000114. The molecule has 0 atom stereocenters. The van der Waals surface area contributed by atoms with Crippen molar-refractivity contribution in [3.8, 4) is 0 Å². The van der Waals surface area contributed by atoms with Crippen molar-refractivity contribution >= 4 is 39.2 Å². The average molecular weight is 351 g/mol. The molecule has 0 saturated heterocycles. The van der Waals surface area contributed by atoms with Gasteiger partial charge in [-0.15, -0.1) is 0 Å². The predicted molar refractivity (Wildman–Crippen MR) is 36.3 cm³/mol. The van der Waals surface area contributed by atoms with Crippen LogP contribution in [0, 0.1) is 0 Å². The Hall–Kier alpha value is -0.398. The van der Waals surface area contributed by atoms with Crippen molar-refractivity contribution in [2.75, 3.05) is 0 Å². The first-order valence-electron chi connectivity index (χ1n) is 2.42. The molecule has 0 aliphatic carbocycles. The SMILES string of the molecule is C=C(C)C(=O)[O-].CC(=O)[O-].[Pb+2]. The molecule has 0 aromatic rings. The molecule has 11 heavy (non-hydrogen) atoms. The molecule has 2 radical (unpaired) electrons. The third-order valence-corrected chi connectivity index (χ3v) is 0.348. The van der Waals surface area contributed by atoms with E-state index in [-0.39, 0.29) is 32.9 Å². The summed E-state index contributed by atoms with van der Waals surface area (Å²) >= 11 is 0. The van der Waals surface area contributed by atoms with E-state index in [0.717, 1.165) is 6.92 Å². The molecule has 0 bridgehead atoms. The van der Waals surface area contributed by atoms with Gasteiger partial charge in [-0.2, -0.15) is 0 Å². The van der Waals surface area contributed by atoms with Gasteiger partial charge < -0.3 is 19.8 Å². The van der Waals surface area contributed by atoms with Gasteiger partial charge in [0.25, 0.3) is 0 Å². The summed E-state index contributed by atoms with van der Waals surface area (Å²) < 4.78 is 0. The fraction of sp³-hybridized carbons (Fsp3) is 0.333.